The van der Waals surface area contributed by atoms with Crippen LogP contribution in [0, 0.1) is 17.8 Å². The lowest BCUT2D eigenvalue weighted by atomic mass is 9.65. The van der Waals surface area contributed by atoms with E-state index in [4.69, 9.17) is 4.74 Å². The van der Waals surface area contributed by atoms with Crippen LogP contribution in [-0.4, -0.2) is 19.0 Å². The summed E-state index contributed by atoms with van der Waals surface area (Å²) in [6.07, 6.45) is 8.99. The summed E-state index contributed by atoms with van der Waals surface area (Å²) in [4.78, 5) is 4.51. The van der Waals surface area contributed by atoms with E-state index >= 15 is 0 Å². The van der Waals surface area contributed by atoms with Crippen LogP contribution in [0.2, 0.25) is 0 Å². The quantitative estimate of drug-likeness (QED) is 0.492. The molecule has 2 aliphatic carbocycles. The summed E-state index contributed by atoms with van der Waals surface area (Å²) >= 11 is 0. The Balaban J connectivity index is 2.03. The van der Waals surface area contributed by atoms with Gasteiger partial charge in [0.05, 0.1) is 19.1 Å². The van der Waals surface area contributed by atoms with Crippen molar-refractivity contribution >= 4 is 5.90 Å². The smallest absolute Gasteiger partial charge is 0.191 e. The lowest BCUT2D eigenvalue weighted by molar-refractivity contribution is 0.261. The Morgan fingerprint density at radius 1 is 1.17 bits per heavy atom. The zero-order valence-electron chi connectivity index (χ0n) is 6.97. The standard InChI is InChI=1S/C10H11NO/c1-12-10-8-4-5-9(11-10)7-3-2-6(7)8/h2-9H,1H3/t6-,7+,8+,9-/m0/s1. The molecule has 4 rings (SSSR count). The van der Waals surface area contributed by atoms with Gasteiger partial charge in [-0.3, -0.25) is 0 Å². The molecule has 2 bridgehead atoms. The normalized spacial score (nSPS) is 46.6. The van der Waals surface area contributed by atoms with Gasteiger partial charge in [0.15, 0.2) is 5.90 Å². The Morgan fingerprint density at radius 3 is 2.58 bits per heavy atom. The SMILES string of the molecule is COC1=N[C@H]2C=C[C@@H]1[C@H]1C=C[C@H]12. The average molecular weight is 161 g/mol. The molecule has 4 atom stereocenters. The highest BCUT2D eigenvalue weighted by Crippen LogP contribution is 2.44. The lowest BCUT2D eigenvalue weighted by Crippen LogP contribution is -2.45. The summed E-state index contributed by atoms with van der Waals surface area (Å²) in [5.74, 6) is 2.69. The highest BCUT2D eigenvalue weighted by molar-refractivity contribution is 5.84. The van der Waals surface area contributed by atoms with Gasteiger partial charge in [-0.15, -0.1) is 0 Å². The molecule has 0 N–H and O–H groups in total. The molecule has 4 aliphatic rings. The fourth-order valence-corrected chi connectivity index (χ4v) is 2.36. The average Bonchev–Trinajstić information content (AvgIpc) is 2.04. The Kier molecular flexibility index (Phi) is 1.08. The minimum absolute atomic E-state index is 0.361. The van der Waals surface area contributed by atoms with Crippen LogP contribution in [0.3, 0.4) is 0 Å². The van der Waals surface area contributed by atoms with Crippen LogP contribution in [0.5, 0.6) is 0 Å². The molecule has 0 aromatic rings. The van der Waals surface area contributed by atoms with E-state index in [0.29, 0.717) is 23.8 Å². The monoisotopic (exact) mass is 161 g/mol. The number of nitrogens with zero attached hydrogens (tertiary/aromatic N) is 1. The summed E-state index contributed by atoms with van der Waals surface area (Å²) in [6.45, 7) is 0. The molecule has 2 nitrogen and oxygen atoms in total. The van der Waals surface area contributed by atoms with Crippen molar-refractivity contribution in [1.29, 1.82) is 0 Å². The van der Waals surface area contributed by atoms with Crippen molar-refractivity contribution in [3.05, 3.63) is 24.3 Å². The first-order valence-electron chi connectivity index (χ1n) is 4.38. The molecule has 0 amide bonds. The van der Waals surface area contributed by atoms with E-state index in [1.807, 2.05) is 0 Å². The Morgan fingerprint density at radius 2 is 2.00 bits per heavy atom. The number of ether oxygens (including phenoxy) is 1. The maximum Gasteiger partial charge on any atom is 0.191 e. The first kappa shape index (κ1) is 6.46. The Hall–Kier alpha value is -1.05. The van der Waals surface area contributed by atoms with Crippen LogP contribution >= 0.6 is 0 Å². The topological polar surface area (TPSA) is 21.6 Å². The summed E-state index contributed by atoms with van der Waals surface area (Å²) in [5.41, 5.74) is 0. The highest BCUT2D eigenvalue weighted by Gasteiger charge is 2.44. The zero-order valence-corrected chi connectivity index (χ0v) is 6.97. The third kappa shape index (κ3) is 0.591. The molecule has 0 saturated heterocycles. The van der Waals surface area contributed by atoms with Gasteiger partial charge < -0.3 is 4.74 Å². The third-order valence-corrected chi connectivity index (χ3v) is 3.10. The Bertz CT molecular complexity index is 303. The fourth-order valence-electron chi connectivity index (χ4n) is 2.36. The van der Waals surface area contributed by atoms with E-state index in [9.17, 15) is 0 Å². The summed E-state index contributed by atoms with van der Waals surface area (Å²) in [5, 5.41) is 0. The molecule has 2 aliphatic heterocycles. The number of hydrogen-bond donors (Lipinski definition) is 0. The van der Waals surface area contributed by atoms with Gasteiger partial charge in [-0.05, 0) is 0 Å². The second-order valence-electron chi connectivity index (χ2n) is 3.61. The van der Waals surface area contributed by atoms with Crippen molar-refractivity contribution in [2.24, 2.45) is 22.7 Å². The Labute approximate surface area is 71.6 Å². The first-order valence-corrected chi connectivity index (χ1v) is 4.38. The second kappa shape index (κ2) is 2.00. The molecule has 0 radical (unpaired) electrons. The largest absolute Gasteiger partial charge is 0.484 e. The van der Waals surface area contributed by atoms with Crippen molar-refractivity contribution in [2.75, 3.05) is 7.11 Å². The summed E-state index contributed by atoms with van der Waals surface area (Å²) in [7, 11) is 1.71. The molecule has 0 aromatic heterocycles. The van der Waals surface area contributed by atoms with Crippen molar-refractivity contribution in [3.63, 3.8) is 0 Å². The summed E-state index contributed by atoms with van der Waals surface area (Å²) < 4.78 is 5.24. The maximum atomic E-state index is 5.24. The van der Waals surface area contributed by atoms with Gasteiger partial charge in [0.25, 0.3) is 0 Å². The van der Waals surface area contributed by atoms with Crippen LogP contribution < -0.4 is 0 Å². The molecular weight excluding hydrogens is 150 g/mol. The molecule has 0 aromatic carbocycles. The van der Waals surface area contributed by atoms with Crippen molar-refractivity contribution in [1.82, 2.24) is 0 Å². The number of aliphatic imine (C=N–C) groups is 1. The van der Waals surface area contributed by atoms with Crippen LogP contribution in [-0.2, 0) is 4.74 Å². The third-order valence-electron chi connectivity index (χ3n) is 3.10. The van der Waals surface area contributed by atoms with Crippen LogP contribution in [0.15, 0.2) is 29.3 Å². The van der Waals surface area contributed by atoms with Crippen LogP contribution in [0.1, 0.15) is 0 Å². The highest BCUT2D eigenvalue weighted by atomic mass is 16.5. The molecule has 0 fully saturated rings. The minimum atomic E-state index is 0.361. The second-order valence-corrected chi connectivity index (χ2v) is 3.61. The van der Waals surface area contributed by atoms with Gasteiger partial charge in [-0.1, -0.05) is 24.3 Å². The van der Waals surface area contributed by atoms with Gasteiger partial charge in [0, 0.05) is 11.8 Å². The molecule has 62 valence electrons. The minimum Gasteiger partial charge on any atom is -0.484 e. The van der Waals surface area contributed by atoms with Gasteiger partial charge in [-0.25, -0.2) is 4.99 Å². The maximum absolute atomic E-state index is 5.24. The first-order chi connectivity index (χ1) is 5.90. The van der Waals surface area contributed by atoms with E-state index in [0.717, 1.165) is 5.90 Å². The molecule has 2 heteroatoms. The van der Waals surface area contributed by atoms with Gasteiger partial charge >= 0.3 is 0 Å². The molecule has 0 unspecified atom stereocenters. The van der Waals surface area contributed by atoms with Crippen molar-refractivity contribution in [3.8, 4) is 0 Å². The molecular formula is C10H11NO. The van der Waals surface area contributed by atoms with Gasteiger partial charge in [0.1, 0.15) is 0 Å². The number of methoxy groups -OCH3 is 1. The molecule has 0 saturated carbocycles. The predicted octanol–water partition coefficient (Wildman–Crippen LogP) is 1.40. The predicted molar refractivity (Wildman–Crippen MR) is 47.0 cm³/mol. The van der Waals surface area contributed by atoms with Gasteiger partial charge in [-0.2, -0.15) is 0 Å². The molecule has 12 heavy (non-hydrogen) atoms. The summed E-state index contributed by atoms with van der Waals surface area (Å²) in [6, 6.07) is 0.361. The molecule has 2 heterocycles. The van der Waals surface area contributed by atoms with E-state index < -0.39 is 0 Å². The van der Waals surface area contributed by atoms with E-state index in [1.54, 1.807) is 7.11 Å². The van der Waals surface area contributed by atoms with Crippen molar-refractivity contribution in [2.45, 2.75) is 6.04 Å². The van der Waals surface area contributed by atoms with Crippen LogP contribution in [0.25, 0.3) is 0 Å². The van der Waals surface area contributed by atoms with E-state index in [2.05, 4.69) is 29.3 Å². The molecule has 0 spiro atoms. The number of rotatable bonds is 0. The van der Waals surface area contributed by atoms with E-state index in [1.165, 1.54) is 0 Å². The number of hydrogen-bond acceptors (Lipinski definition) is 2. The van der Waals surface area contributed by atoms with Crippen LogP contribution in [0.4, 0.5) is 0 Å². The fraction of sp³-hybridized carbons (Fsp3) is 0.500. The number of dihydropyridines is 1. The van der Waals surface area contributed by atoms with Crippen molar-refractivity contribution < 1.29 is 4.74 Å². The van der Waals surface area contributed by atoms with Gasteiger partial charge in [0.2, 0.25) is 0 Å². The zero-order chi connectivity index (χ0) is 8.13. The number of allylic oxidation sites excluding steroid dienone is 1. The lowest BCUT2D eigenvalue weighted by Gasteiger charge is -2.44. The van der Waals surface area contributed by atoms with E-state index in [-0.39, 0.29) is 0 Å².